The quantitative estimate of drug-likeness (QED) is 0.610. The molecular formula is C10H9N3O2S. The van der Waals surface area contributed by atoms with Crippen molar-refractivity contribution in [3.05, 3.63) is 35.1 Å². The van der Waals surface area contributed by atoms with Crippen molar-refractivity contribution in [1.82, 2.24) is 4.98 Å². The summed E-state index contributed by atoms with van der Waals surface area (Å²) in [7, 11) is 0. The zero-order valence-electron chi connectivity index (χ0n) is 8.47. The van der Waals surface area contributed by atoms with E-state index in [2.05, 4.69) is 10.3 Å². The Morgan fingerprint density at radius 1 is 1.69 bits per heavy atom. The summed E-state index contributed by atoms with van der Waals surface area (Å²) in [6.45, 7) is 0. The summed E-state index contributed by atoms with van der Waals surface area (Å²) in [4.78, 5) is 14.6. The second-order valence-corrected chi connectivity index (χ2v) is 3.51. The van der Waals surface area contributed by atoms with E-state index in [1.807, 2.05) is 0 Å². The molecule has 0 spiro atoms. The number of hydrogen-bond donors (Lipinski definition) is 2. The molecule has 0 bridgehead atoms. The summed E-state index contributed by atoms with van der Waals surface area (Å²) in [5.74, 6) is -1.25. The van der Waals surface area contributed by atoms with E-state index in [1.54, 1.807) is 36.9 Å². The third kappa shape index (κ3) is 3.00. The van der Waals surface area contributed by atoms with E-state index >= 15 is 0 Å². The molecule has 82 valence electrons. The van der Waals surface area contributed by atoms with Crippen LogP contribution in [-0.2, 0) is 4.79 Å². The van der Waals surface area contributed by atoms with Gasteiger partial charge in [-0.05, 0) is 18.4 Å². The van der Waals surface area contributed by atoms with Crippen molar-refractivity contribution in [1.29, 1.82) is 5.26 Å². The van der Waals surface area contributed by atoms with Gasteiger partial charge in [-0.15, -0.1) is 11.8 Å². The molecule has 16 heavy (non-hydrogen) atoms. The van der Waals surface area contributed by atoms with Crippen molar-refractivity contribution < 1.29 is 9.90 Å². The summed E-state index contributed by atoms with van der Waals surface area (Å²) in [6, 6.07) is 5.10. The van der Waals surface area contributed by atoms with Crippen LogP contribution in [0, 0.1) is 11.3 Å². The molecule has 0 fully saturated rings. The number of carboxylic acid groups (broad SMARTS) is 1. The van der Waals surface area contributed by atoms with Crippen LogP contribution in [0.3, 0.4) is 0 Å². The number of carboxylic acids is 1. The van der Waals surface area contributed by atoms with Gasteiger partial charge in [-0.25, -0.2) is 4.79 Å². The lowest BCUT2D eigenvalue weighted by atomic mass is 10.3. The molecule has 0 atom stereocenters. The van der Waals surface area contributed by atoms with E-state index in [0.29, 0.717) is 10.7 Å². The third-order valence-corrected chi connectivity index (χ3v) is 2.39. The lowest BCUT2D eigenvalue weighted by molar-refractivity contribution is -0.132. The fourth-order valence-electron chi connectivity index (χ4n) is 0.979. The minimum atomic E-state index is -1.25. The number of nitrogens with zero attached hydrogens (tertiary/aromatic N) is 2. The van der Waals surface area contributed by atoms with Crippen molar-refractivity contribution in [2.75, 3.05) is 11.6 Å². The topological polar surface area (TPSA) is 86.0 Å². The van der Waals surface area contributed by atoms with Crippen LogP contribution in [0.1, 0.15) is 0 Å². The first kappa shape index (κ1) is 12.1. The molecule has 0 aliphatic heterocycles. The number of thioether (sulfide) groups is 1. The van der Waals surface area contributed by atoms with Crippen molar-refractivity contribution in [2.45, 2.75) is 0 Å². The summed E-state index contributed by atoms with van der Waals surface area (Å²) in [6.07, 6.45) is 4.85. The molecule has 5 nitrogen and oxygen atoms in total. The van der Waals surface area contributed by atoms with Crippen LogP contribution in [0.4, 0.5) is 5.69 Å². The standard InChI is InChI=1S/C10H9N3O2S/c1-16-9(8(5-11)10(14)15)13-7-3-2-4-12-6-7/h2-4,6,13H,1H3,(H,14,15). The minimum Gasteiger partial charge on any atom is -0.477 e. The predicted octanol–water partition coefficient (Wildman–Crippen LogP) is 1.68. The van der Waals surface area contributed by atoms with E-state index < -0.39 is 5.97 Å². The number of pyridine rings is 1. The number of anilines is 1. The Morgan fingerprint density at radius 2 is 2.44 bits per heavy atom. The molecule has 1 heterocycles. The molecule has 0 aliphatic rings. The average molecular weight is 235 g/mol. The number of nitrogens with one attached hydrogen (secondary N) is 1. The Kier molecular flexibility index (Phi) is 4.36. The maximum atomic E-state index is 10.8. The maximum Gasteiger partial charge on any atom is 0.349 e. The number of aliphatic carboxylic acids is 1. The van der Waals surface area contributed by atoms with Gasteiger partial charge >= 0.3 is 5.97 Å². The van der Waals surface area contributed by atoms with Crippen LogP contribution in [-0.4, -0.2) is 22.3 Å². The van der Waals surface area contributed by atoms with Gasteiger partial charge in [0.05, 0.1) is 16.9 Å². The summed E-state index contributed by atoms with van der Waals surface area (Å²) >= 11 is 1.16. The lowest BCUT2D eigenvalue weighted by Gasteiger charge is -2.08. The SMILES string of the molecule is CSC(Nc1cccnc1)=C(C#N)C(=O)O. The van der Waals surface area contributed by atoms with Crippen LogP contribution in [0.5, 0.6) is 0 Å². The van der Waals surface area contributed by atoms with E-state index in [0.717, 1.165) is 11.8 Å². The monoisotopic (exact) mass is 235 g/mol. The molecule has 0 aromatic carbocycles. The van der Waals surface area contributed by atoms with Gasteiger partial charge < -0.3 is 10.4 Å². The van der Waals surface area contributed by atoms with Gasteiger partial charge in [0, 0.05) is 6.20 Å². The fraction of sp³-hybridized carbons (Fsp3) is 0.100. The minimum absolute atomic E-state index is 0.294. The molecule has 0 radical (unpaired) electrons. The second-order valence-electron chi connectivity index (χ2n) is 2.69. The van der Waals surface area contributed by atoms with E-state index in [9.17, 15) is 4.79 Å². The molecule has 0 saturated heterocycles. The highest BCUT2D eigenvalue weighted by Crippen LogP contribution is 2.19. The Balaban J connectivity index is 3.01. The predicted molar refractivity (Wildman–Crippen MR) is 61.6 cm³/mol. The summed E-state index contributed by atoms with van der Waals surface area (Å²) < 4.78 is 0. The Hall–Kier alpha value is -2.00. The largest absolute Gasteiger partial charge is 0.477 e. The molecule has 1 aromatic heterocycles. The highest BCUT2D eigenvalue weighted by molar-refractivity contribution is 8.02. The molecule has 6 heteroatoms. The number of nitriles is 1. The first-order valence-corrected chi connectivity index (χ1v) is 5.50. The highest BCUT2D eigenvalue weighted by atomic mass is 32.2. The fourth-order valence-corrected chi connectivity index (χ4v) is 1.54. The Labute approximate surface area is 96.8 Å². The molecule has 1 rings (SSSR count). The molecule has 0 aliphatic carbocycles. The first-order chi connectivity index (χ1) is 7.69. The van der Waals surface area contributed by atoms with Gasteiger partial charge in [-0.1, -0.05) is 0 Å². The van der Waals surface area contributed by atoms with Crippen molar-refractivity contribution in [2.24, 2.45) is 0 Å². The van der Waals surface area contributed by atoms with Crippen molar-refractivity contribution >= 4 is 23.4 Å². The average Bonchev–Trinajstić information content (AvgIpc) is 2.29. The van der Waals surface area contributed by atoms with Crippen LogP contribution in [0.2, 0.25) is 0 Å². The molecule has 1 aromatic rings. The van der Waals surface area contributed by atoms with Crippen molar-refractivity contribution in [3.8, 4) is 6.07 Å². The molecule has 0 saturated carbocycles. The van der Waals surface area contributed by atoms with Gasteiger partial charge in [0.1, 0.15) is 6.07 Å². The number of aromatic nitrogens is 1. The molecular weight excluding hydrogens is 226 g/mol. The van der Waals surface area contributed by atoms with Crippen LogP contribution < -0.4 is 5.32 Å². The second kappa shape index (κ2) is 5.78. The van der Waals surface area contributed by atoms with Gasteiger partial charge in [0.25, 0.3) is 0 Å². The van der Waals surface area contributed by atoms with Crippen LogP contribution >= 0.6 is 11.8 Å². The van der Waals surface area contributed by atoms with Gasteiger partial charge in [0.2, 0.25) is 0 Å². The van der Waals surface area contributed by atoms with Crippen LogP contribution in [0.25, 0.3) is 0 Å². The van der Waals surface area contributed by atoms with Gasteiger partial charge in [-0.2, -0.15) is 5.26 Å². The van der Waals surface area contributed by atoms with Gasteiger partial charge in [0.15, 0.2) is 5.57 Å². The lowest BCUT2D eigenvalue weighted by Crippen LogP contribution is -2.07. The van der Waals surface area contributed by atoms with E-state index in [1.165, 1.54) is 0 Å². The highest BCUT2D eigenvalue weighted by Gasteiger charge is 2.13. The normalized spacial score (nSPS) is 11.2. The molecule has 0 unspecified atom stereocenters. The number of carbonyl (C=O) groups is 1. The van der Waals surface area contributed by atoms with Crippen molar-refractivity contribution in [3.63, 3.8) is 0 Å². The Morgan fingerprint density at radius 3 is 2.88 bits per heavy atom. The van der Waals surface area contributed by atoms with Gasteiger partial charge in [-0.3, -0.25) is 4.98 Å². The number of rotatable bonds is 4. The zero-order valence-corrected chi connectivity index (χ0v) is 9.28. The number of hydrogen-bond acceptors (Lipinski definition) is 5. The summed E-state index contributed by atoms with van der Waals surface area (Å²) in [5, 5.41) is 20.7. The zero-order chi connectivity index (χ0) is 12.0. The summed E-state index contributed by atoms with van der Waals surface area (Å²) in [5.41, 5.74) is 0.331. The Bertz CT molecular complexity index is 451. The third-order valence-electron chi connectivity index (χ3n) is 1.68. The molecule has 0 amide bonds. The van der Waals surface area contributed by atoms with Crippen LogP contribution in [0.15, 0.2) is 35.1 Å². The first-order valence-electron chi connectivity index (χ1n) is 4.27. The maximum absolute atomic E-state index is 10.8. The molecule has 2 N–H and O–H groups in total. The smallest absolute Gasteiger partial charge is 0.349 e. The van der Waals surface area contributed by atoms with E-state index in [4.69, 9.17) is 10.4 Å². The van der Waals surface area contributed by atoms with E-state index in [-0.39, 0.29) is 5.57 Å².